The highest BCUT2D eigenvalue weighted by Gasteiger charge is 2.05. The molecule has 0 saturated heterocycles. The molecule has 1 radical (unpaired) electrons. The number of rotatable bonds is 3. The third-order valence-electron chi connectivity index (χ3n) is 3.01. The molecule has 0 N–H and O–H groups in total. The van der Waals surface area contributed by atoms with E-state index in [1.54, 1.807) is 18.6 Å². The lowest BCUT2D eigenvalue weighted by atomic mass is 10.1. The minimum atomic E-state index is 0.599. The van der Waals surface area contributed by atoms with E-state index in [2.05, 4.69) is 26.1 Å². The van der Waals surface area contributed by atoms with Gasteiger partial charge in [-0.1, -0.05) is 35.9 Å². The second-order valence-corrected chi connectivity index (χ2v) is 5.13. The van der Waals surface area contributed by atoms with E-state index in [0.717, 1.165) is 22.5 Å². The van der Waals surface area contributed by atoms with E-state index in [1.807, 2.05) is 50.3 Å². The van der Waals surface area contributed by atoms with Crippen molar-refractivity contribution in [2.45, 2.75) is 13.8 Å². The first-order chi connectivity index (χ1) is 10.7. The van der Waals surface area contributed by atoms with E-state index < -0.39 is 0 Å². The molecule has 0 aliphatic carbocycles. The molecular formula is C18H15N4. The van der Waals surface area contributed by atoms with E-state index >= 15 is 0 Å². The van der Waals surface area contributed by atoms with Crippen LogP contribution >= 0.6 is 0 Å². The first kappa shape index (κ1) is 14.1. The number of benzene rings is 1. The van der Waals surface area contributed by atoms with Crippen LogP contribution in [0.2, 0.25) is 0 Å². The third kappa shape index (κ3) is 3.23. The quantitative estimate of drug-likeness (QED) is 0.734. The Morgan fingerprint density at radius 1 is 0.955 bits per heavy atom. The SMILES string of the molecule is CC(C)=Cc1cn[c]c(-c2cnc(-c3ccccc3)cn2)n1. The fraction of sp³-hybridized carbons (Fsp3) is 0.111. The maximum Gasteiger partial charge on any atom is 0.119 e. The molecule has 0 spiro atoms. The lowest BCUT2D eigenvalue weighted by Gasteiger charge is -2.03. The molecule has 3 aromatic rings. The molecule has 0 fully saturated rings. The van der Waals surface area contributed by atoms with Gasteiger partial charge in [0.15, 0.2) is 0 Å². The zero-order chi connectivity index (χ0) is 15.4. The first-order valence-electron chi connectivity index (χ1n) is 7.00. The number of hydrogen-bond donors (Lipinski definition) is 0. The van der Waals surface area contributed by atoms with E-state index in [4.69, 9.17) is 0 Å². The molecule has 0 aliphatic rings. The number of nitrogens with zero attached hydrogens (tertiary/aromatic N) is 4. The zero-order valence-corrected chi connectivity index (χ0v) is 12.5. The summed E-state index contributed by atoms with van der Waals surface area (Å²) >= 11 is 0. The summed E-state index contributed by atoms with van der Waals surface area (Å²) in [4.78, 5) is 17.5. The second kappa shape index (κ2) is 6.26. The molecular weight excluding hydrogens is 272 g/mol. The van der Waals surface area contributed by atoms with Gasteiger partial charge in [0.05, 0.1) is 30.0 Å². The van der Waals surface area contributed by atoms with E-state index in [9.17, 15) is 0 Å². The summed E-state index contributed by atoms with van der Waals surface area (Å²) < 4.78 is 0. The van der Waals surface area contributed by atoms with Gasteiger partial charge in [-0.15, -0.1) is 0 Å². The first-order valence-corrected chi connectivity index (χ1v) is 7.00. The Hall–Kier alpha value is -2.88. The maximum absolute atomic E-state index is 4.49. The zero-order valence-electron chi connectivity index (χ0n) is 12.5. The van der Waals surface area contributed by atoms with Gasteiger partial charge in [-0.2, -0.15) is 0 Å². The van der Waals surface area contributed by atoms with E-state index in [0.29, 0.717) is 11.4 Å². The summed E-state index contributed by atoms with van der Waals surface area (Å²) in [5, 5.41) is 0. The van der Waals surface area contributed by atoms with Crippen LogP contribution in [0.5, 0.6) is 0 Å². The van der Waals surface area contributed by atoms with Gasteiger partial charge >= 0.3 is 0 Å². The van der Waals surface area contributed by atoms with Gasteiger partial charge in [-0.05, 0) is 19.9 Å². The van der Waals surface area contributed by atoms with Crippen LogP contribution < -0.4 is 0 Å². The highest BCUT2D eigenvalue weighted by molar-refractivity contribution is 5.61. The Bertz CT molecular complexity index is 789. The molecule has 2 aromatic heterocycles. The van der Waals surface area contributed by atoms with Gasteiger partial charge in [0.25, 0.3) is 0 Å². The number of hydrogen-bond acceptors (Lipinski definition) is 4. The molecule has 0 unspecified atom stereocenters. The molecule has 107 valence electrons. The highest BCUT2D eigenvalue weighted by Crippen LogP contribution is 2.18. The molecule has 0 aliphatic heterocycles. The molecule has 0 bridgehead atoms. The van der Waals surface area contributed by atoms with Crippen LogP contribution in [0.15, 0.2) is 54.5 Å². The molecule has 2 heterocycles. The fourth-order valence-electron chi connectivity index (χ4n) is 2.03. The van der Waals surface area contributed by atoms with Crippen molar-refractivity contribution in [3.05, 3.63) is 66.4 Å². The van der Waals surface area contributed by atoms with Crippen LogP contribution in [0.25, 0.3) is 28.7 Å². The predicted octanol–water partition coefficient (Wildman–Crippen LogP) is 3.82. The topological polar surface area (TPSA) is 51.6 Å². The molecule has 22 heavy (non-hydrogen) atoms. The molecule has 0 atom stereocenters. The highest BCUT2D eigenvalue weighted by atomic mass is 14.9. The molecule has 4 heteroatoms. The average molecular weight is 287 g/mol. The minimum Gasteiger partial charge on any atom is -0.252 e. The van der Waals surface area contributed by atoms with Gasteiger partial charge in [0, 0.05) is 5.56 Å². The normalized spacial score (nSPS) is 10.3. The van der Waals surface area contributed by atoms with Crippen LogP contribution in [0.3, 0.4) is 0 Å². The molecule has 1 aromatic carbocycles. The maximum atomic E-state index is 4.49. The van der Waals surface area contributed by atoms with Gasteiger partial charge in [0.2, 0.25) is 0 Å². The number of allylic oxidation sites excluding steroid dienone is 1. The standard InChI is InChI=1S/C18H15N4/c1-13(2)8-15-9-19-10-18(22-15)17-12-20-16(11-21-17)14-6-4-3-5-7-14/h3-9,11-12H,1-2H3. The molecule has 3 rings (SSSR count). The lowest BCUT2D eigenvalue weighted by molar-refractivity contribution is 1.12. The van der Waals surface area contributed by atoms with Crippen molar-refractivity contribution in [1.82, 2.24) is 19.9 Å². The van der Waals surface area contributed by atoms with Gasteiger partial charge in [-0.25, -0.2) is 9.97 Å². The summed E-state index contributed by atoms with van der Waals surface area (Å²) in [6, 6.07) is 9.95. The lowest BCUT2D eigenvalue weighted by Crippen LogP contribution is -1.94. The summed E-state index contributed by atoms with van der Waals surface area (Å²) in [5.74, 6) is 0. The Kier molecular flexibility index (Phi) is 4.01. The predicted molar refractivity (Wildman–Crippen MR) is 86.7 cm³/mol. The van der Waals surface area contributed by atoms with Crippen LogP contribution in [0.1, 0.15) is 19.5 Å². The van der Waals surface area contributed by atoms with Crippen molar-refractivity contribution in [3.8, 4) is 22.6 Å². The Balaban J connectivity index is 1.92. The summed E-state index contributed by atoms with van der Waals surface area (Å²) in [5.41, 5.74) is 5.09. The van der Waals surface area contributed by atoms with E-state index in [-0.39, 0.29) is 0 Å². The van der Waals surface area contributed by atoms with Gasteiger partial charge in [0.1, 0.15) is 17.6 Å². The van der Waals surface area contributed by atoms with Gasteiger partial charge in [-0.3, -0.25) is 9.97 Å². The average Bonchev–Trinajstić information content (AvgIpc) is 2.55. The van der Waals surface area contributed by atoms with Crippen molar-refractivity contribution in [2.75, 3.05) is 0 Å². The molecule has 4 nitrogen and oxygen atoms in total. The fourth-order valence-corrected chi connectivity index (χ4v) is 2.03. The van der Waals surface area contributed by atoms with Gasteiger partial charge < -0.3 is 0 Å². The largest absolute Gasteiger partial charge is 0.252 e. The third-order valence-corrected chi connectivity index (χ3v) is 3.01. The second-order valence-electron chi connectivity index (χ2n) is 5.13. The van der Waals surface area contributed by atoms with Crippen molar-refractivity contribution >= 4 is 6.08 Å². The van der Waals surface area contributed by atoms with Crippen molar-refractivity contribution < 1.29 is 0 Å². The molecule has 0 amide bonds. The van der Waals surface area contributed by atoms with Crippen LogP contribution in [0.4, 0.5) is 0 Å². The van der Waals surface area contributed by atoms with Crippen molar-refractivity contribution in [3.63, 3.8) is 0 Å². The Morgan fingerprint density at radius 3 is 2.36 bits per heavy atom. The smallest absolute Gasteiger partial charge is 0.119 e. The monoisotopic (exact) mass is 287 g/mol. The van der Waals surface area contributed by atoms with Crippen LogP contribution in [-0.2, 0) is 0 Å². The molecule has 0 saturated carbocycles. The van der Waals surface area contributed by atoms with E-state index in [1.165, 1.54) is 0 Å². The Morgan fingerprint density at radius 2 is 1.68 bits per heavy atom. The minimum absolute atomic E-state index is 0.599. The van der Waals surface area contributed by atoms with Crippen molar-refractivity contribution in [2.24, 2.45) is 0 Å². The van der Waals surface area contributed by atoms with Crippen LogP contribution in [-0.4, -0.2) is 19.9 Å². The van der Waals surface area contributed by atoms with Crippen molar-refractivity contribution in [1.29, 1.82) is 0 Å². The van der Waals surface area contributed by atoms with Crippen LogP contribution in [0, 0.1) is 6.20 Å². The summed E-state index contributed by atoms with van der Waals surface area (Å²) in [6.45, 7) is 4.04. The summed E-state index contributed by atoms with van der Waals surface area (Å²) in [7, 11) is 0. The Labute approximate surface area is 129 Å². The number of aromatic nitrogens is 4. The summed E-state index contributed by atoms with van der Waals surface area (Å²) in [6.07, 6.45) is 9.96.